The quantitative estimate of drug-likeness (QED) is 0.615. The first kappa shape index (κ1) is 14.2. The molecule has 2 unspecified atom stereocenters. The van der Waals surface area contributed by atoms with Gasteiger partial charge in [0, 0.05) is 6.04 Å². The highest BCUT2D eigenvalue weighted by atomic mass is 35.5. The van der Waals surface area contributed by atoms with Crippen LogP contribution in [0, 0.1) is 0 Å². The zero-order chi connectivity index (χ0) is 9.68. The van der Waals surface area contributed by atoms with E-state index in [-0.39, 0.29) is 12.4 Å². The molecule has 0 bridgehead atoms. The normalized spacial score (nSPS) is 21.9. The largest absolute Gasteiger partial charge is 0.373 e. The van der Waals surface area contributed by atoms with Gasteiger partial charge in [-0.25, -0.2) is 0 Å². The first-order chi connectivity index (χ1) is 6.31. The van der Waals surface area contributed by atoms with Crippen LogP contribution in [-0.4, -0.2) is 36.7 Å². The molecule has 0 aromatic rings. The lowest BCUT2D eigenvalue weighted by Gasteiger charge is -2.29. The molecule has 0 N–H and O–H groups in total. The second kappa shape index (κ2) is 7.49. The molecule has 1 rings (SSSR count). The van der Waals surface area contributed by atoms with Crippen LogP contribution >= 0.6 is 12.4 Å². The highest BCUT2D eigenvalue weighted by Crippen LogP contribution is 2.21. The highest BCUT2D eigenvalue weighted by molar-refractivity contribution is 5.85. The number of rotatable bonds is 7. The molecule has 0 aromatic carbocycles. The van der Waals surface area contributed by atoms with Crippen LogP contribution in [0.1, 0.15) is 40.0 Å². The van der Waals surface area contributed by atoms with Gasteiger partial charge in [0.1, 0.15) is 0 Å². The molecular formula is C11H24ClNO. The van der Waals surface area contributed by atoms with Crippen LogP contribution in [0.4, 0.5) is 0 Å². The number of nitrogens with zero attached hydrogens (tertiary/aromatic N) is 1. The Labute approximate surface area is 94.4 Å². The molecule has 0 saturated carbocycles. The van der Waals surface area contributed by atoms with Crippen molar-refractivity contribution in [2.24, 2.45) is 0 Å². The lowest BCUT2D eigenvalue weighted by molar-refractivity contribution is 0.181. The molecule has 2 atom stereocenters. The van der Waals surface area contributed by atoms with Gasteiger partial charge >= 0.3 is 0 Å². The minimum atomic E-state index is 0. The van der Waals surface area contributed by atoms with E-state index in [1.807, 2.05) is 0 Å². The first-order valence-electron chi connectivity index (χ1n) is 5.67. The zero-order valence-electron chi connectivity index (χ0n) is 9.66. The van der Waals surface area contributed by atoms with Crippen LogP contribution in [0.25, 0.3) is 0 Å². The van der Waals surface area contributed by atoms with Gasteiger partial charge in [0.05, 0.1) is 12.7 Å². The predicted octanol–water partition coefficient (Wildman–Crippen LogP) is 2.71. The fourth-order valence-corrected chi connectivity index (χ4v) is 2.03. The van der Waals surface area contributed by atoms with Crippen molar-refractivity contribution in [3.63, 3.8) is 0 Å². The molecule has 0 radical (unpaired) electrons. The predicted molar refractivity (Wildman–Crippen MR) is 63.2 cm³/mol. The summed E-state index contributed by atoms with van der Waals surface area (Å²) in [6.45, 7) is 10.1. The van der Waals surface area contributed by atoms with Crippen LogP contribution in [0.2, 0.25) is 0 Å². The van der Waals surface area contributed by atoms with Crippen LogP contribution in [0.3, 0.4) is 0 Å². The van der Waals surface area contributed by atoms with Crippen LogP contribution < -0.4 is 0 Å². The van der Waals surface area contributed by atoms with E-state index in [1.165, 1.54) is 32.4 Å². The van der Waals surface area contributed by atoms with E-state index in [2.05, 4.69) is 25.7 Å². The third-order valence-corrected chi connectivity index (χ3v) is 2.89. The maximum absolute atomic E-state index is 5.30. The summed E-state index contributed by atoms with van der Waals surface area (Å²) in [5.41, 5.74) is 0. The number of hydrogen-bond donors (Lipinski definition) is 0. The Bertz CT molecular complexity index is 135. The minimum Gasteiger partial charge on any atom is -0.373 e. The van der Waals surface area contributed by atoms with Gasteiger partial charge in [-0.3, -0.25) is 0 Å². The van der Waals surface area contributed by atoms with Gasteiger partial charge in [-0.1, -0.05) is 27.2 Å². The Balaban J connectivity index is 0.00000169. The maximum atomic E-state index is 5.30. The molecule has 1 fully saturated rings. The molecular weight excluding hydrogens is 198 g/mol. The molecule has 2 nitrogen and oxygen atoms in total. The van der Waals surface area contributed by atoms with Gasteiger partial charge in [-0.05, 0) is 25.9 Å². The van der Waals surface area contributed by atoms with Crippen molar-refractivity contribution >= 4 is 12.4 Å². The summed E-state index contributed by atoms with van der Waals surface area (Å²) < 4.78 is 5.30. The van der Waals surface area contributed by atoms with Gasteiger partial charge < -0.3 is 9.64 Å². The highest BCUT2D eigenvalue weighted by Gasteiger charge is 2.28. The Morgan fingerprint density at radius 2 is 1.86 bits per heavy atom. The number of hydrogen-bond acceptors (Lipinski definition) is 2. The molecule has 14 heavy (non-hydrogen) atoms. The Morgan fingerprint density at radius 1 is 1.29 bits per heavy atom. The molecule has 1 aliphatic heterocycles. The molecule has 0 amide bonds. The number of ether oxygens (including phenoxy) is 1. The van der Waals surface area contributed by atoms with Gasteiger partial charge in [-0.15, -0.1) is 12.4 Å². The molecule has 86 valence electrons. The second-order valence-corrected chi connectivity index (χ2v) is 3.85. The molecule has 0 aliphatic carbocycles. The molecule has 0 aromatic heterocycles. The molecule has 0 spiro atoms. The summed E-state index contributed by atoms with van der Waals surface area (Å²) in [6.07, 6.45) is 4.43. The van der Waals surface area contributed by atoms with E-state index in [9.17, 15) is 0 Å². The Kier molecular flexibility index (Phi) is 7.61. The van der Waals surface area contributed by atoms with Gasteiger partial charge in [0.15, 0.2) is 0 Å². The van der Waals surface area contributed by atoms with Crippen molar-refractivity contribution in [2.45, 2.75) is 52.2 Å². The van der Waals surface area contributed by atoms with Crippen molar-refractivity contribution in [1.82, 2.24) is 4.90 Å². The average molecular weight is 222 g/mol. The van der Waals surface area contributed by atoms with Crippen molar-refractivity contribution in [3.8, 4) is 0 Å². The Morgan fingerprint density at radius 3 is 2.21 bits per heavy atom. The van der Waals surface area contributed by atoms with E-state index in [4.69, 9.17) is 4.74 Å². The summed E-state index contributed by atoms with van der Waals surface area (Å²) in [7, 11) is 0. The SMILES string of the molecule is CCCC(CC1CO1)N(CC)CC.Cl. The zero-order valence-corrected chi connectivity index (χ0v) is 10.5. The van der Waals surface area contributed by atoms with Crippen molar-refractivity contribution < 1.29 is 4.74 Å². The molecule has 1 aliphatic rings. The summed E-state index contributed by atoms with van der Waals surface area (Å²) in [5, 5.41) is 0. The van der Waals surface area contributed by atoms with Crippen LogP contribution in [-0.2, 0) is 4.74 Å². The van der Waals surface area contributed by atoms with Gasteiger partial charge in [0.25, 0.3) is 0 Å². The third-order valence-electron chi connectivity index (χ3n) is 2.89. The fraction of sp³-hybridized carbons (Fsp3) is 1.00. The molecule has 1 saturated heterocycles. The smallest absolute Gasteiger partial charge is 0.0824 e. The third kappa shape index (κ3) is 4.63. The van der Waals surface area contributed by atoms with E-state index < -0.39 is 0 Å². The monoisotopic (exact) mass is 221 g/mol. The molecule has 3 heteroatoms. The number of epoxide rings is 1. The second-order valence-electron chi connectivity index (χ2n) is 3.85. The average Bonchev–Trinajstić information content (AvgIpc) is 2.91. The van der Waals surface area contributed by atoms with E-state index in [0.717, 1.165) is 12.6 Å². The van der Waals surface area contributed by atoms with Crippen LogP contribution in [0.5, 0.6) is 0 Å². The molecule has 1 heterocycles. The van der Waals surface area contributed by atoms with Crippen molar-refractivity contribution in [1.29, 1.82) is 0 Å². The number of halogens is 1. The fourth-order valence-electron chi connectivity index (χ4n) is 2.03. The lowest BCUT2D eigenvalue weighted by atomic mass is 10.0. The first-order valence-corrected chi connectivity index (χ1v) is 5.67. The Hall–Kier alpha value is 0.210. The summed E-state index contributed by atoms with van der Waals surface area (Å²) in [5.74, 6) is 0. The topological polar surface area (TPSA) is 15.8 Å². The minimum absolute atomic E-state index is 0. The summed E-state index contributed by atoms with van der Waals surface area (Å²) in [6, 6.07) is 0.757. The summed E-state index contributed by atoms with van der Waals surface area (Å²) in [4.78, 5) is 2.56. The lowest BCUT2D eigenvalue weighted by Crippen LogP contribution is -2.36. The van der Waals surface area contributed by atoms with E-state index >= 15 is 0 Å². The van der Waals surface area contributed by atoms with Gasteiger partial charge in [0.2, 0.25) is 0 Å². The van der Waals surface area contributed by atoms with E-state index in [1.54, 1.807) is 0 Å². The standard InChI is InChI=1S/C11H23NO.ClH/c1-4-7-10(8-11-9-13-11)12(5-2)6-3;/h10-11H,4-9H2,1-3H3;1H. The van der Waals surface area contributed by atoms with Crippen molar-refractivity contribution in [2.75, 3.05) is 19.7 Å². The van der Waals surface area contributed by atoms with E-state index in [0.29, 0.717) is 6.10 Å². The summed E-state index contributed by atoms with van der Waals surface area (Å²) >= 11 is 0. The maximum Gasteiger partial charge on any atom is 0.0824 e. The van der Waals surface area contributed by atoms with Gasteiger partial charge in [-0.2, -0.15) is 0 Å². The van der Waals surface area contributed by atoms with Crippen molar-refractivity contribution in [3.05, 3.63) is 0 Å². The van der Waals surface area contributed by atoms with Crippen LogP contribution in [0.15, 0.2) is 0 Å².